The van der Waals surface area contributed by atoms with Gasteiger partial charge < -0.3 is 5.32 Å². The molecule has 0 aliphatic carbocycles. The summed E-state index contributed by atoms with van der Waals surface area (Å²) in [5.41, 5.74) is 2.27. The second-order valence-corrected chi connectivity index (χ2v) is 6.42. The van der Waals surface area contributed by atoms with Gasteiger partial charge in [-0.1, -0.05) is 36.7 Å². The smallest absolute Gasteiger partial charge is 0.0441 e. The minimum absolute atomic E-state index is 0.332. The Morgan fingerprint density at radius 2 is 2.05 bits per heavy atom. The Morgan fingerprint density at radius 1 is 1.24 bits per heavy atom. The molecule has 0 fully saturated rings. The van der Waals surface area contributed by atoms with Gasteiger partial charge in [0.1, 0.15) is 0 Å². The summed E-state index contributed by atoms with van der Waals surface area (Å²) < 4.78 is 1.00. The number of nitrogens with one attached hydrogen (secondary N) is 1. The second kappa shape index (κ2) is 8.52. The van der Waals surface area contributed by atoms with Gasteiger partial charge in [-0.2, -0.15) is 0 Å². The molecule has 0 spiro atoms. The molecule has 0 saturated heterocycles. The molecule has 4 heteroatoms. The van der Waals surface area contributed by atoms with Crippen molar-refractivity contribution in [1.82, 2.24) is 10.3 Å². The molecule has 2 aromatic rings. The van der Waals surface area contributed by atoms with E-state index < -0.39 is 0 Å². The Kier molecular flexibility index (Phi) is 6.68. The van der Waals surface area contributed by atoms with Crippen LogP contribution in [0.5, 0.6) is 0 Å². The highest BCUT2D eigenvalue weighted by molar-refractivity contribution is 9.10. The average Bonchev–Trinajstić information content (AvgIpc) is 2.49. The van der Waals surface area contributed by atoms with Crippen LogP contribution in [0.15, 0.2) is 47.1 Å². The maximum atomic E-state index is 6.37. The summed E-state index contributed by atoms with van der Waals surface area (Å²) in [5, 5.41) is 4.33. The highest BCUT2D eigenvalue weighted by Gasteiger charge is 2.15. The molecule has 1 unspecified atom stereocenters. The summed E-state index contributed by atoms with van der Waals surface area (Å²) in [4.78, 5) is 4.48. The van der Waals surface area contributed by atoms with Crippen molar-refractivity contribution in [2.75, 3.05) is 13.1 Å². The fraction of sp³-hybridized carbons (Fsp3) is 0.353. The number of aromatic nitrogens is 1. The molecule has 1 atom stereocenters. The minimum Gasteiger partial charge on any atom is -0.316 e. The van der Waals surface area contributed by atoms with E-state index in [2.05, 4.69) is 45.3 Å². The molecule has 2 rings (SSSR count). The van der Waals surface area contributed by atoms with Gasteiger partial charge in [0.15, 0.2) is 0 Å². The molecule has 21 heavy (non-hydrogen) atoms. The van der Waals surface area contributed by atoms with E-state index in [9.17, 15) is 0 Å². The predicted octanol–water partition coefficient (Wildman–Crippen LogP) is 4.82. The van der Waals surface area contributed by atoms with Gasteiger partial charge in [-0.15, -0.1) is 0 Å². The first-order chi connectivity index (χ1) is 10.2. The average molecular weight is 368 g/mol. The number of rotatable bonds is 7. The van der Waals surface area contributed by atoms with Crippen LogP contribution in [0, 0.1) is 0 Å². The second-order valence-electron chi connectivity index (χ2n) is 5.09. The first-order valence-electron chi connectivity index (χ1n) is 7.26. The van der Waals surface area contributed by atoms with Crippen molar-refractivity contribution >= 4 is 27.5 Å². The molecular weight excluding hydrogens is 348 g/mol. The quantitative estimate of drug-likeness (QED) is 0.709. The van der Waals surface area contributed by atoms with Crippen LogP contribution in [-0.4, -0.2) is 18.1 Å². The lowest BCUT2D eigenvalue weighted by Crippen LogP contribution is -2.24. The summed E-state index contributed by atoms with van der Waals surface area (Å²) in [6.45, 7) is 4.11. The van der Waals surface area contributed by atoms with Crippen LogP contribution in [-0.2, 0) is 6.42 Å². The van der Waals surface area contributed by atoms with Crippen LogP contribution in [0.25, 0.3) is 0 Å². The van der Waals surface area contributed by atoms with Gasteiger partial charge in [-0.3, -0.25) is 4.98 Å². The van der Waals surface area contributed by atoms with Crippen molar-refractivity contribution in [3.63, 3.8) is 0 Å². The molecule has 0 saturated carbocycles. The lowest BCUT2D eigenvalue weighted by atomic mass is 9.93. The van der Waals surface area contributed by atoms with E-state index in [1.165, 1.54) is 5.56 Å². The Hall–Kier alpha value is -0.900. The molecule has 112 valence electrons. The number of pyridine rings is 1. The fourth-order valence-electron chi connectivity index (χ4n) is 2.33. The maximum Gasteiger partial charge on any atom is 0.0441 e. The third-order valence-electron chi connectivity index (χ3n) is 3.41. The zero-order valence-electron chi connectivity index (χ0n) is 12.2. The van der Waals surface area contributed by atoms with Gasteiger partial charge in [-0.05, 0) is 59.1 Å². The minimum atomic E-state index is 0.332. The maximum absolute atomic E-state index is 6.37. The number of halogens is 2. The lowest BCUT2D eigenvalue weighted by molar-refractivity contribution is 0.572. The van der Waals surface area contributed by atoms with Gasteiger partial charge in [0.25, 0.3) is 0 Å². The number of benzene rings is 1. The van der Waals surface area contributed by atoms with Crippen molar-refractivity contribution in [1.29, 1.82) is 0 Å². The number of hydrogen-bond donors (Lipinski definition) is 1. The van der Waals surface area contributed by atoms with E-state index in [-0.39, 0.29) is 0 Å². The Labute approximate surface area is 140 Å². The molecule has 1 N–H and O–H groups in total. The zero-order valence-corrected chi connectivity index (χ0v) is 14.5. The topological polar surface area (TPSA) is 24.9 Å². The van der Waals surface area contributed by atoms with E-state index in [1.54, 1.807) is 0 Å². The van der Waals surface area contributed by atoms with E-state index in [0.29, 0.717) is 5.92 Å². The third kappa shape index (κ3) is 5.10. The highest BCUT2D eigenvalue weighted by Crippen LogP contribution is 2.27. The van der Waals surface area contributed by atoms with Crippen LogP contribution in [0.1, 0.15) is 30.5 Å². The molecule has 1 aromatic carbocycles. The first-order valence-corrected chi connectivity index (χ1v) is 8.43. The highest BCUT2D eigenvalue weighted by atomic mass is 79.9. The molecule has 2 nitrogen and oxygen atoms in total. The molecule has 0 bridgehead atoms. The van der Waals surface area contributed by atoms with Gasteiger partial charge in [0.2, 0.25) is 0 Å². The number of nitrogens with zero attached hydrogens (tertiary/aromatic N) is 1. The van der Waals surface area contributed by atoms with Crippen LogP contribution in [0.4, 0.5) is 0 Å². The van der Waals surface area contributed by atoms with Crippen molar-refractivity contribution < 1.29 is 0 Å². The molecule has 1 aromatic heterocycles. The van der Waals surface area contributed by atoms with Gasteiger partial charge in [0, 0.05) is 33.8 Å². The van der Waals surface area contributed by atoms with Gasteiger partial charge in [0.05, 0.1) is 0 Å². The normalized spacial score (nSPS) is 12.3. The molecule has 0 radical (unpaired) electrons. The Balaban J connectivity index is 2.15. The van der Waals surface area contributed by atoms with Crippen LogP contribution >= 0.6 is 27.5 Å². The summed E-state index contributed by atoms with van der Waals surface area (Å²) in [7, 11) is 0. The van der Waals surface area contributed by atoms with E-state index in [0.717, 1.165) is 41.1 Å². The molecule has 0 amide bonds. The third-order valence-corrected chi connectivity index (χ3v) is 4.22. The molecule has 1 heterocycles. The van der Waals surface area contributed by atoms with Crippen molar-refractivity contribution in [3.8, 4) is 0 Å². The monoisotopic (exact) mass is 366 g/mol. The van der Waals surface area contributed by atoms with Gasteiger partial charge >= 0.3 is 0 Å². The first kappa shape index (κ1) is 16.5. The van der Waals surface area contributed by atoms with E-state index in [1.807, 2.05) is 30.5 Å². The standard InChI is InChI=1S/C17H20BrClN2/c1-2-9-20-11-13(16-5-3-4-6-17(16)19)10-15-8-7-14(18)12-21-15/h3-8,12-13,20H,2,9-11H2,1H3. The Bertz CT molecular complexity index is 557. The fourth-order valence-corrected chi connectivity index (χ4v) is 2.86. The zero-order chi connectivity index (χ0) is 15.1. The van der Waals surface area contributed by atoms with Crippen LogP contribution < -0.4 is 5.32 Å². The summed E-state index contributed by atoms with van der Waals surface area (Å²) in [5.74, 6) is 0.332. The lowest BCUT2D eigenvalue weighted by Gasteiger charge is -2.19. The Morgan fingerprint density at radius 3 is 2.71 bits per heavy atom. The number of hydrogen-bond acceptors (Lipinski definition) is 2. The van der Waals surface area contributed by atoms with Crippen LogP contribution in [0.2, 0.25) is 5.02 Å². The summed E-state index contributed by atoms with van der Waals surface area (Å²) in [6, 6.07) is 12.2. The van der Waals surface area contributed by atoms with E-state index in [4.69, 9.17) is 11.6 Å². The van der Waals surface area contributed by atoms with E-state index >= 15 is 0 Å². The van der Waals surface area contributed by atoms with Crippen molar-refractivity contribution in [3.05, 3.63) is 63.3 Å². The molecule has 0 aliphatic heterocycles. The largest absolute Gasteiger partial charge is 0.316 e. The molecular formula is C17H20BrClN2. The van der Waals surface area contributed by atoms with Crippen molar-refractivity contribution in [2.24, 2.45) is 0 Å². The SMILES string of the molecule is CCCNCC(Cc1ccc(Br)cn1)c1ccccc1Cl. The van der Waals surface area contributed by atoms with Crippen LogP contribution in [0.3, 0.4) is 0 Å². The summed E-state index contributed by atoms with van der Waals surface area (Å²) >= 11 is 9.79. The predicted molar refractivity (Wildman–Crippen MR) is 93.0 cm³/mol. The van der Waals surface area contributed by atoms with Crippen molar-refractivity contribution in [2.45, 2.75) is 25.7 Å². The summed E-state index contributed by atoms with van der Waals surface area (Å²) in [6.07, 6.45) is 3.86. The van der Waals surface area contributed by atoms with Gasteiger partial charge in [-0.25, -0.2) is 0 Å². The molecule has 0 aliphatic rings.